The molecule has 1 atom stereocenters. The predicted molar refractivity (Wildman–Crippen MR) is 80.8 cm³/mol. The normalized spacial score (nSPS) is 17.2. The van der Waals surface area contributed by atoms with Crippen molar-refractivity contribution >= 4 is 11.9 Å². The Hall–Kier alpha value is -1.84. The van der Waals surface area contributed by atoms with Crippen molar-refractivity contribution in [2.75, 3.05) is 13.7 Å². The molecule has 0 unspecified atom stereocenters. The van der Waals surface area contributed by atoms with Crippen LogP contribution in [0, 0.1) is 0 Å². The molecular weight excluding hydrogens is 266 g/mol. The first-order valence-corrected chi connectivity index (χ1v) is 7.61. The van der Waals surface area contributed by atoms with Gasteiger partial charge in [0.05, 0.1) is 13.2 Å². The van der Waals surface area contributed by atoms with E-state index < -0.39 is 0 Å². The molecule has 4 heteroatoms. The van der Waals surface area contributed by atoms with Crippen LogP contribution in [0.1, 0.15) is 49.8 Å². The largest absolute Gasteiger partial charge is 0.469 e. The van der Waals surface area contributed by atoms with Crippen LogP contribution in [0.25, 0.3) is 0 Å². The fourth-order valence-corrected chi connectivity index (χ4v) is 3.02. The molecular formula is C17H23NO3. The fraction of sp³-hybridized carbons (Fsp3) is 0.529. The monoisotopic (exact) mass is 289 g/mol. The average molecular weight is 289 g/mol. The summed E-state index contributed by atoms with van der Waals surface area (Å²) in [5.41, 5.74) is 2.62. The number of methoxy groups -OCH3 is 1. The number of hydrogen-bond acceptors (Lipinski definition) is 3. The number of esters is 1. The van der Waals surface area contributed by atoms with Gasteiger partial charge in [-0.1, -0.05) is 31.2 Å². The van der Waals surface area contributed by atoms with Gasteiger partial charge in [0, 0.05) is 19.4 Å². The maximum Gasteiger partial charge on any atom is 0.305 e. The molecule has 0 bridgehead atoms. The number of benzene rings is 1. The topological polar surface area (TPSA) is 46.6 Å². The van der Waals surface area contributed by atoms with E-state index in [-0.39, 0.29) is 17.9 Å². The van der Waals surface area contributed by atoms with Crippen LogP contribution < -0.4 is 0 Å². The van der Waals surface area contributed by atoms with E-state index in [9.17, 15) is 9.59 Å². The average Bonchev–Trinajstić information content (AvgIpc) is 2.53. The quantitative estimate of drug-likeness (QED) is 0.783. The summed E-state index contributed by atoms with van der Waals surface area (Å²) < 4.78 is 4.60. The van der Waals surface area contributed by atoms with E-state index in [1.807, 2.05) is 11.0 Å². The van der Waals surface area contributed by atoms with Gasteiger partial charge in [0.1, 0.15) is 0 Å². The number of rotatable bonds is 5. The third-order valence-corrected chi connectivity index (χ3v) is 4.12. The van der Waals surface area contributed by atoms with Crippen LogP contribution in [-0.4, -0.2) is 30.4 Å². The van der Waals surface area contributed by atoms with Crippen molar-refractivity contribution in [1.29, 1.82) is 0 Å². The highest BCUT2D eigenvalue weighted by Crippen LogP contribution is 2.32. The number of ether oxygens (including phenoxy) is 1. The zero-order chi connectivity index (χ0) is 15.2. The first-order valence-electron chi connectivity index (χ1n) is 7.61. The van der Waals surface area contributed by atoms with Gasteiger partial charge >= 0.3 is 5.97 Å². The van der Waals surface area contributed by atoms with Crippen molar-refractivity contribution in [3.63, 3.8) is 0 Å². The summed E-state index contributed by atoms with van der Waals surface area (Å²) in [5, 5.41) is 0. The van der Waals surface area contributed by atoms with Crippen molar-refractivity contribution in [2.45, 2.75) is 45.1 Å². The molecule has 1 aliphatic rings. The summed E-state index contributed by atoms with van der Waals surface area (Å²) in [6.45, 7) is 2.88. The summed E-state index contributed by atoms with van der Waals surface area (Å²) in [7, 11) is 1.37. The lowest BCUT2D eigenvalue weighted by molar-refractivity contribution is -0.141. The van der Waals surface area contributed by atoms with Crippen molar-refractivity contribution in [2.24, 2.45) is 0 Å². The molecule has 0 aromatic heterocycles. The molecule has 2 rings (SSSR count). The zero-order valence-electron chi connectivity index (χ0n) is 12.8. The zero-order valence-corrected chi connectivity index (χ0v) is 12.8. The Kier molecular flexibility index (Phi) is 5.37. The molecule has 1 aliphatic heterocycles. The Morgan fingerprint density at radius 2 is 2.05 bits per heavy atom. The second-order valence-electron chi connectivity index (χ2n) is 5.39. The molecule has 0 radical (unpaired) electrons. The number of hydrogen-bond donors (Lipinski definition) is 0. The van der Waals surface area contributed by atoms with Gasteiger partial charge in [0.2, 0.25) is 5.91 Å². The summed E-state index contributed by atoms with van der Waals surface area (Å²) >= 11 is 0. The molecule has 4 nitrogen and oxygen atoms in total. The van der Waals surface area contributed by atoms with Gasteiger partial charge in [-0.15, -0.1) is 0 Å². The van der Waals surface area contributed by atoms with Crippen molar-refractivity contribution < 1.29 is 14.3 Å². The second-order valence-corrected chi connectivity index (χ2v) is 5.39. The number of fused-ring (bicyclic) bond motifs is 1. The maximum atomic E-state index is 12.4. The lowest BCUT2D eigenvalue weighted by atomic mass is 9.91. The number of carbonyl (C=O) groups is 2. The predicted octanol–water partition coefficient (Wildman–Crippen LogP) is 2.87. The molecule has 0 fully saturated rings. The highest BCUT2D eigenvalue weighted by molar-refractivity contribution is 5.78. The molecule has 0 spiro atoms. The Balaban J connectivity index is 2.00. The van der Waals surface area contributed by atoms with E-state index in [2.05, 4.69) is 29.9 Å². The van der Waals surface area contributed by atoms with Crippen LogP contribution in [0.3, 0.4) is 0 Å². The first kappa shape index (κ1) is 15.5. The van der Waals surface area contributed by atoms with E-state index in [0.717, 1.165) is 19.4 Å². The van der Waals surface area contributed by atoms with Gasteiger partial charge in [-0.2, -0.15) is 0 Å². The molecule has 21 heavy (non-hydrogen) atoms. The SMILES string of the molecule is CC[C@@H]1c2ccccc2CCN1C(=O)CCCC(=O)OC. The number of nitrogens with zero attached hydrogens (tertiary/aromatic N) is 1. The van der Waals surface area contributed by atoms with E-state index >= 15 is 0 Å². The molecule has 1 amide bonds. The highest BCUT2D eigenvalue weighted by Gasteiger charge is 2.28. The molecule has 0 saturated heterocycles. The van der Waals surface area contributed by atoms with E-state index in [0.29, 0.717) is 19.3 Å². The van der Waals surface area contributed by atoms with Crippen LogP contribution in [0.4, 0.5) is 0 Å². The minimum Gasteiger partial charge on any atom is -0.469 e. The molecule has 0 N–H and O–H groups in total. The van der Waals surface area contributed by atoms with Gasteiger partial charge < -0.3 is 9.64 Å². The Bertz CT molecular complexity index is 513. The molecule has 0 saturated carbocycles. The number of amides is 1. The fourth-order valence-electron chi connectivity index (χ4n) is 3.02. The van der Waals surface area contributed by atoms with E-state index in [1.165, 1.54) is 18.2 Å². The third kappa shape index (κ3) is 3.63. The van der Waals surface area contributed by atoms with Crippen LogP contribution in [0.2, 0.25) is 0 Å². The van der Waals surface area contributed by atoms with Gasteiger partial charge in [-0.05, 0) is 30.4 Å². The van der Waals surface area contributed by atoms with Gasteiger partial charge in [0.15, 0.2) is 0 Å². The first-order chi connectivity index (χ1) is 10.2. The van der Waals surface area contributed by atoms with Gasteiger partial charge in [-0.25, -0.2) is 0 Å². The minimum absolute atomic E-state index is 0.139. The van der Waals surface area contributed by atoms with E-state index in [4.69, 9.17) is 0 Å². The Morgan fingerprint density at radius 3 is 2.76 bits per heavy atom. The highest BCUT2D eigenvalue weighted by atomic mass is 16.5. The van der Waals surface area contributed by atoms with E-state index in [1.54, 1.807) is 0 Å². The molecule has 0 aliphatic carbocycles. The smallest absolute Gasteiger partial charge is 0.305 e. The third-order valence-electron chi connectivity index (χ3n) is 4.12. The van der Waals surface area contributed by atoms with Crippen molar-refractivity contribution in [1.82, 2.24) is 4.90 Å². The Labute approximate surface area is 126 Å². The number of carbonyl (C=O) groups excluding carboxylic acids is 2. The lowest BCUT2D eigenvalue weighted by Gasteiger charge is -2.37. The van der Waals surface area contributed by atoms with Crippen LogP contribution in [0.15, 0.2) is 24.3 Å². The van der Waals surface area contributed by atoms with Crippen molar-refractivity contribution in [3.05, 3.63) is 35.4 Å². The van der Waals surface area contributed by atoms with Crippen LogP contribution in [-0.2, 0) is 20.7 Å². The summed E-state index contributed by atoms with van der Waals surface area (Å²) in [6.07, 6.45) is 3.10. The second kappa shape index (κ2) is 7.25. The summed E-state index contributed by atoms with van der Waals surface area (Å²) in [5.74, 6) is -0.112. The van der Waals surface area contributed by atoms with Gasteiger partial charge in [0.25, 0.3) is 0 Å². The minimum atomic E-state index is -0.251. The summed E-state index contributed by atoms with van der Waals surface area (Å²) in [4.78, 5) is 25.5. The molecule has 1 heterocycles. The van der Waals surface area contributed by atoms with Crippen LogP contribution in [0.5, 0.6) is 0 Å². The Morgan fingerprint density at radius 1 is 1.29 bits per heavy atom. The lowest BCUT2D eigenvalue weighted by Crippen LogP contribution is -2.39. The summed E-state index contributed by atoms with van der Waals surface area (Å²) in [6, 6.07) is 8.53. The molecule has 1 aromatic carbocycles. The van der Waals surface area contributed by atoms with Crippen molar-refractivity contribution in [3.8, 4) is 0 Å². The van der Waals surface area contributed by atoms with Crippen LogP contribution >= 0.6 is 0 Å². The van der Waals surface area contributed by atoms with Gasteiger partial charge in [-0.3, -0.25) is 9.59 Å². The molecule has 1 aromatic rings. The molecule has 114 valence electrons. The maximum absolute atomic E-state index is 12.4. The standard InChI is InChI=1S/C17H23NO3/c1-3-15-14-8-5-4-7-13(14)11-12-18(15)16(19)9-6-10-17(20)21-2/h4-5,7-8,15H,3,6,9-12H2,1-2H3/t15-/m1/s1.